The summed E-state index contributed by atoms with van der Waals surface area (Å²) in [6, 6.07) is 0. The molecule has 0 aliphatic heterocycles. The van der Waals surface area contributed by atoms with Gasteiger partial charge in [0.25, 0.3) is 0 Å². The molecule has 0 atom stereocenters. The van der Waals surface area contributed by atoms with Crippen molar-refractivity contribution < 1.29 is 0 Å². The largest absolute Gasteiger partial charge is 0.381 e. The fraction of sp³-hybridized carbons (Fsp3) is 0.333. The maximum atomic E-state index is 5.62. The molecule has 1 rings (SSSR count). The normalized spacial score (nSPS) is 9.92. The number of nitrogens with zero attached hydrogens (tertiary/aromatic N) is 2. The molecule has 3 nitrogen and oxygen atoms in total. The van der Waals surface area contributed by atoms with Gasteiger partial charge in [0.05, 0.1) is 0 Å². The molecule has 0 amide bonds. The lowest BCUT2D eigenvalue weighted by Gasteiger charge is -2.01. The summed E-state index contributed by atoms with van der Waals surface area (Å²) in [5, 5.41) is 0.809. The van der Waals surface area contributed by atoms with Crippen molar-refractivity contribution in [3.63, 3.8) is 0 Å². The molecule has 0 saturated carbocycles. The maximum absolute atomic E-state index is 5.62. The van der Waals surface area contributed by atoms with E-state index >= 15 is 0 Å². The molecule has 2 N–H and O–H groups in total. The van der Waals surface area contributed by atoms with Gasteiger partial charge in [-0.2, -0.15) is 0 Å². The number of nitrogen functional groups attached to an aromatic ring is 1. The number of hydrogen-bond acceptors (Lipinski definition) is 4. The van der Waals surface area contributed by atoms with Crippen LogP contribution in [-0.2, 0) is 0 Å². The predicted octanol–water partition coefficient (Wildman–Crippen LogP) is 2.12. The molecular weight excluding hydrogens is 182 g/mol. The van der Waals surface area contributed by atoms with Gasteiger partial charge in [-0.15, -0.1) is 18.3 Å². The number of hydrogen-bond donors (Lipinski definition) is 1. The van der Waals surface area contributed by atoms with E-state index in [1.165, 1.54) is 5.57 Å². The number of anilines is 1. The predicted molar refractivity (Wildman–Crippen MR) is 56.6 cm³/mol. The molecular formula is C9H13N3S. The van der Waals surface area contributed by atoms with Gasteiger partial charge in [0.2, 0.25) is 0 Å². The topological polar surface area (TPSA) is 51.8 Å². The van der Waals surface area contributed by atoms with Gasteiger partial charge in [0, 0.05) is 18.1 Å². The van der Waals surface area contributed by atoms with Crippen molar-refractivity contribution in [3.8, 4) is 0 Å². The second-order valence-corrected chi connectivity index (χ2v) is 3.89. The van der Waals surface area contributed by atoms with Crippen molar-refractivity contribution >= 4 is 17.6 Å². The van der Waals surface area contributed by atoms with Crippen LogP contribution in [0.4, 0.5) is 5.82 Å². The second-order valence-electron chi connectivity index (χ2n) is 2.80. The van der Waals surface area contributed by atoms with Crippen LogP contribution in [0, 0.1) is 0 Å². The summed E-state index contributed by atoms with van der Waals surface area (Å²) >= 11 is 1.62. The summed E-state index contributed by atoms with van der Waals surface area (Å²) in [5.41, 5.74) is 6.80. The van der Waals surface area contributed by atoms with Crippen LogP contribution in [-0.4, -0.2) is 15.7 Å². The Labute approximate surface area is 82.5 Å². The lowest BCUT2D eigenvalue weighted by molar-refractivity contribution is 1.06. The molecule has 0 aliphatic carbocycles. The zero-order valence-electron chi connectivity index (χ0n) is 7.66. The van der Waals surface area contributed by atoms with E-state index < -0.39 is 0 Å². The molecule has 1 aromatic heterocycles. The van der Waals surface area contributed by atoms with Crippen molar-refractivity contribution in [1.29, 1.82) is 0 Å². The molecule has 0 fully saturated rings. The van der Waals surface area contributed by atoms with E-state index in [2.05, 4.69) is 16.5 Å². The Morgan fingerprint density at radius 3 is 2.85 bits per heavy atom. The average Bonchev–Trinajstić information content (AvgIpc) is 2.08. The van der Waals surface area contributed by atoms with Crippen LogP contribution in [0.2, 0.25) is 0 Å². The third kappa shape index (κ3) is 3.46. The second kappa shape index (κ2) is 4.87. The molecule has 1 heterocycles. The minimum atomic E-state index is 0.509. The zero-order chi connectivity index (χ0) is 9.68. The Morgan fingerprint density at radius 2 is 2.23 bits per heavy atom. The highest BCUT2D eigenvalue weighted by Crippen LogP contribution is 2.21. The number of nitrogens with two attached hydrogens (primary N) is 1. The quantitative estimate of drug-likeness (QED) is 0.590. The molecule has 70 valence electrons. The Hall–Kier alpha value is -1.03. The first-order chi connectivity index (χ1) is 6.20. The Bertz CT molecular complexity index is 299. The van der Waals surface area contributed by atoms with E-state index in [0.717, 1.165) is 17.2 Å². The van der Waals surface area contributed by atoms with Crippen molar-refractivity contribution in [1.82, 2.24) is 9.97 Å². The summed E-state index contributed by atoms with van der Waals surface area (Å²) in [5.74, 6) is 1.47. The van der Waals surface area contributed by atoms with Gasteiger partial charge in [-0.3, -0.25) is 0 Å². The first-order valence-corrected chi connectivity index (χ1v) is 5.02. The van der Waals surface area contributed by atoms with Gasteiger partial charge in [-0.05, 0) is 13.3 Å². The molecule has 0 radical (unpaired) electrons. The van der Waals surface area contributed by atoms with E-state index in [1.807, 2.05) is 6.92 Å². The number of allylic oxidation sites excluding steroid dienone is 1. The third-order valence-corrected chi connectivity index (χ3v) is 2.46. The van der Waals surface area contributed by atoms with Gasteiger partial charge in [0.1, 0.15) is 5.03 Å². The highest BCUT2D eigenvalue weighted by Gasteiger charge is 2.00. The first kappa shape index (κ1) is 10.1. The van der Waals surface area contributed by atoms with E-state index in [0.29, 0.717) is 5.82 Å². The Balaban J connectivity index is 2.45. The van der Waals surface area contributed by atoms with Crippen LogP contribution in [0.5, 0.6) is 0 Å². The molecule has 1 aromatic rings. The summed E-state index contributed by atoms with van der Waals surface area (Å²) < 4.78 is 0. The number of rotatable bonds is 4. The molecule has 0 bridgehead atoms. The molecule has 0 aromatic carbocycles. The highest BCUT2D eigenvalue weighted by atomic mass is 32.2. The van der Waals surface area contributed by atoms with Gasteiger partial charge < -0.3 is 5.73 Å². The lowest BCUT2D eigenvalue weighted by atomic mass is 10.3. The van der Waals surface area contributed by atoms with Gasteiger partial charge in [0.15, 0.2) is 5.82 Å². The molecule has 4 heteroatoms. The van der Waals surface area contributed by atoms with Crippen LogP contribution in [0.25, 0.3) is 0 Å². The summed E-state index contributed by atoms with van der Waals surface area (Å²) in [7, 11) is 0. The average molecular weight is 195 g/mol. The Kier molecular flexibility index (Phi) is 3.76. The number of aromatic nitrogens is 2. The number of thioether (sulfide) groups is 1. The van der Waals surface area contributed by atoms with Crippen LogP contribution < -0.4 is 5.73 Å². The van der Waals surface area contributed by atoms with Crippen molar-refractivity contribution in [2.75, 3.05) is 11.5 Å². The molecule has 0 saturated heterocycles. The van der Waals surface area contributed by atoms with Crippen LogP contribution in [0.3, 0.4) is 0 Å². The van der Waals surface area contributed by atoms with Gasteiger partial charge in [-0.1, -0.05) is 5.57 Å². The fourth-order valence-corrected chi connectivity index (χ4v) is 1.75. The van der Waals surface area contributed by atoms with E-state index in [9.17, 15) is 0 Å². The zero-order valence-corrected chi connectivity index (χ0v) is 8.47. The molecule has 13 heavy (non-hydrogen) atoms. The van der Waals surface area contributed by atoms with Crippen molar-refractivity contribution in [2.45, 2.75) is 18.4 Å². The molecule has 0 unspecified atom stereocenters. The van der Waals surface area contributed by atoms with Crippen molar-refractivity contribution in [2.24, 2.45) is 0 Å². The Morgan fingerprint density at radius 1 is 1.54 bits per heavy atom. The van der Waals surface area contributed by atoms with Gasteiger partial charge >= 0.3 is 0 Å². The summed E-state index contributed by atoms with van der Waals surface area (Å²) in [6.07, 6.45) is 4.23. The van der Waals surface area contributed by atoms with E-state index in [1.54, 1.807) is 24.2 Å². The molecule has 0 aliphatic rings. The van der Waals surface area contributed by atoms with E-state index in [4.69, 9.17) is 5.73 Å². The van der Waals surface area contributed by atoms with Crippen molar-refractivity contribution in [3.05, 3.63) is 24.5 Å². The third-order valence-electron chi connectivity index (χ3n) is 1.46. The smallest absolute Gasteiger partial charge is 0.156 e. The van der Waals surface area contributed by atoms with Gasteiger partial charge in [-0.25, -0.2) is 9.97 Å². The van der Waals surface area contributed by atoms with Crippen LogP contribution in [0.15, 0.2) is 29.6 Å². The minimum Gasteiger partial charge on any atom is -0.381 e. The monoisotopic (exact) mass is 195 g/mol. The SMILES string of the molecule is C=C(C)CCSc1nccnc1N. The van der Waals surface area contributed by atoms with Crippen LogP contribution in [0.1, 0.15) is 13.3 Å². The standard InChI is InChI=1S/C9H13N3S/c1-7(2)3-6-13-9-8(10)11-4-5-12-9/h4-5H,1,3,6H2,2H3,(H2,10,11). The molecule has 0 spiro atoms. The maximum Gasteiger partial charge on any atom is 0.156 e. The first-order valence-electron chi connectivity index (χ1n) is 4.04. The van der Waals surface area contributed by atoms with E-state index in [-0.39, 0.29) is 0 Å². The lowest BCUT2D eigenvalue weighted by Crippen LogP contribution is -1.95. The van der Waals surface area contributed by atoms with Crippen LogP contribution >= 0.6 is 11.8 Å². The fourth-order valence-electron chi connectivity index (χ4n) is 0.769. The highest BCUT2D eigenvalue weighted by molar-refractivity contribution is 7.99. The summed E-state index contributed by atoms with van der Waals surface area (Å²) in [6.45, 7) is 5.84. The minimum absolute atomic E-state index is 0.509. The summed E-state index contributed by atoms with van der Waals surface area (Å²) in [4.78, 5) is 8.07.